The normalized spacial score (nSPS) is 14.4. The van der Waals surface area contributed by atoms with Crippen molar-refractivity contribution in [1.82, 2.24) is 0 Å². The zero-order valence-corrected chi connectivity index (χ0v) is 12.6. The zero-order chi connectivity index (χ0) is 13.1. The molecule has 96 valence electrons. The Morgan fingerprint density at radius 2 is 1.83 bits per heavy atom. The first-order valence-electron chi connectivity index (χ1n) is 6.12. The predicted octanol–water partition coefficient (Wildman–Crippen LogP) is 4.55. The van der Waals surface area contributed by atoms with E-state index < -0.39 is 0 Å². The summed E-state index contributed by atoms with van der Waals surface area (Å²) in [6, 6.07) is 13.0. The fraction of sp³-hybridized carbons (Fsp3) is 0.333. The second-order valence-electron chi connectivity index (χ2n) is 4.61. The molecule has 0 amide bonds. The number of hydrogen-bond donors (Lipinski definition) is 1. The lowest BCUT2D eigenvalue weighted by atomic mass is 10.2. The van der Waals surface area contributed by atoms with Gasteiger partial charge in [-0.25, -0.2) is 0 Å². The van der Waals surface area contributed by atoms with Crippen molar-refractivity contribution >= 4 is 23.1 Å². The molecule has 0 radical (unpaired) electrons. The highest BCUT2D eigenvalue weighted by atomic mass is 32.2. The smallest absolute Gasteiger partial charge is 0.0586 e. The Labute approximate surface area is 117 Å². The van der Waals surface area contributed by atoms with Crippen LogP contribution in [0.15, 0.2) is 41.3 Å². The molecule has 3 heteroatoms. The molecule has 0 aliphatic heterocycles. The Kier molecular flexibility index (Phi) is 4.49. The van der Waals surface area contributed by atoms with Crippen molar-refractivity contribution in [1.29, 1.82) is 0 Å². The Bertz CT molecular complexity index is 517. The fourth-order valence-electron chi connectivity index (χ4n) is 1.86. The molecule has 2 N–H and O–H groups in total. The van der Waals surface area contributed by atoms with E-state index in [0.29, 0.717) is 5.25 Å². The van der Waals surface area contributed by atoms with Gasteiger partial charge in [-0.2, -0.15) is 0 Å². The molecule has 1 aromatic carbocycles. The van der Waals surface area contributed by atoms with Crippen molar-refractivity contribution in [2.75, 3.05) is 0 Å². The molecule has 0 spiro atoms. The Morgan fingerprint density at radius 3 is 2.39 bits per heavy atom. The van der Waals surface area contributed by atoms with E-state index in [1.54, 1.807) is 0 Å². The van der Waals surface area contributed by atoms with Gasteiger partial charge in [-0.15, -0.1) is 23.1 Å². The van der Waals surface area contributed by atoms with Crippen LogP contribution < -0.4 is 5.73 Å². The van der Waals surface area contributed by atoms with Gasteiger partial charge in [0.05, 0.1) is 5.25 Å². The van der Waals surface area contributed by atoms with Crippen LogP contribution in [-0.4, -0.2) is 6.04 Å². The van der Waals surface area contributed by atoms with Crippen LogP contribution in [0.2, 0.25) is 0 Å². The second kappa shape index (κ2) is 5.91. The molecule has 2 atom stereocenters. The van der Waals surface area contributed by atoms with Gasteiger partial charge < -0.3 is 5.73 Å². The van der Waals surface area contributed by atoms with Crippen molar-refractivity contribution in [2.24, 2.45) is 5.73 Å². The Morgan fingerprint density at radius 1 is 1.11 bits per heavy atom. The number of aryl methyl sites for hydroxylation is 2. The summed E-state index contributed by atoms with van der Waals surface area (Å²) in [6.07, 6.45) is 0. The zero-order valence-electron chi connectivity index (χ0n) is 11.0. The summed E-state index contributed by atoms with van der Waals surface area (Å²) in [5.41, 5.74) is 7.48. The number of rotatable bonds is 4. The van der Waals surface area contributed by atoms with E-state index in [1.165, 1.54) is 20.2 Å². The molecule has 2 unspecified atom stereocenters. The molecule has 2 rings (SSSR count). The highest BCUT2D eigenvalue weighted by molar-refractivity contribution is 7.99. The van der Waals surface area contributed by atoms with E-state index in [0.717, 1.165) is 0 Å². The largest absolute Gasteiger partial charge is 0.327 e. The highest BCUT2D eigenvalue weighted by Crippen LogP contribution is 2.41. The summed E-state index contributed by atoms with van der Waals surface area (Å²) in [7, 11) is 0. The minimum atomic E-state index is 0.146. The molecular formula is C15H19NS2. The van der Waals surface area contributed by atoms with Gasteiger partial charge in [0.15, 0.2) is 0 Å². The SMILES string of the molecule is Cc1ccc(C(Sc2ccccc2C)C(C)N)s1. The van der Waals surface area contributed by atoms with E-state index in [1.807, 2.05) is 23.1 Å². The number of thioether (sulfide) groups is 1. The molecule has 1 aromatic heterocycles. The minimum absolute atomic E-state index is 0.146. The molecule has 1 nitrogen and oxygen atoms in total. The van der Waals surface area contributed by atoms with Crippen LogP contribution in [-0.2, 0) is 0 Å². The maximum Gasteiger partial charge on any atom is 0.0586 e. The maximum absolute atomic E-state index is 6.16. The van der Waals surface area contributed by atoms with Crippen molar-refractivity contribution in [3.8, 4) is 0 Å². The van der Waals surface area contributed by atoms with E-state index in [9.17, 15) is 0 Å². The van der Waals surface area contributed by atoms with Crippen molar-refractivity contribution in [3.05, 3.63) is 51.7 Å². The molecular weight excluding hydrogens is 258 g/mol. The van der Waals surface area contributed by atoms with Gasteiger partial charge in [0.1, 0.15) is 0 Å². The summed E-state index contributed by atoms with van der Waals surface area (Å²) >= 11 is 3.72. The van der Waals surface area contributed by atoms with Gasteiger partial charge in [0.2, 0.25) is 0 Å². The van der Waals surface area contributed by atoms with E-state index in [4.69, 9.17) is 5.73 Å². The highest BCUT2D eigenvalue weighted by Gasteiger charge is 2.19. The minimum Gasteiger partial charge on any atom is -0.327 e. The van der Waals surface area contributed by atoms with Crippen LogP contribution in [0.3, 0.4) is 0 Å². The van der Waals surface area contributed by atoms with Crippen molar-refractivity contribution in [2.45, 2.75) is 37.0 Å². The van der Waals surface area contributed by atoms with Gasteiger partial charge >= 0.3 is 0 Å². The quantitative estimate of drug-likeness (QED) is 0.830. The molecule has 0 bridgehead atoms. The lowest BCUT2D eigenvalue weighted by Gasteiger charge is -2.20. The summed E-state index contributed by atoms with van der Waals surface area (Å²) in [5, 5.41) is 0.338. The van der Waals surface area contributed by atoms with Crippen LogP contribution in [0, 0.1) is 13.8 Å². The topological polar surface area (TPSA) is 26.0 Å². The molecule has 18 heavy (non-hydrogen) atoms. The molecule has 2 aromatic rings. The molecule has 0 saturated carbocycles. The van der Waals surface area contributed by atoms with Crippen LogP contribution >= 0.6 is 23.1 Å². The second-order valence-corrected chi connectivity index (χ2v) is 7.11. The first kappa shape index (κ1) is 13.7. The summed E-state index contributed by atoms with van der Waals surface area (Å²) < 4.78 is 0. The van der Waals surface area contributed by atoms with E-state index >= 15 is 0 Å². The predicted molar refractivity (Wildman–Crippen MR) is 82.5 cm³/mol. The van der Waals surface area contributed by atoms with Crippen LogP contribution in [0.1, 0.15) is 27.5 Å². The van der Waals surface area contributed by atoms with E-state index in [2.05, 4.69) is 57.2 Å². The van der Waals surface area contributed by atoms with Gasteiger partial charge in [0, 0.05) is 20.7 Å². The fourth-order valence-corrected chi connectivity index (χ4v) is 4.21. The van der Waals surface area contributed by atoms with E-state index in [-0.39, 0.29) is 6.04 Å². The molecule has 1 heterocycles. The lowest BCUT2D eigenvalue weighted by Crippen LogP contribution is -2.21. The summed E-state index contributed by atoms with van der Waals surface area (Å²) in [4.78, 5) is 4.04. The monoisotopic (exact) mass is 277 g/mol. The third-order valence-electron chi connectivity index (χ3n) is 2.87. The summed E-state index contributed by atoms with van der Waals surface area (Å²) in [5.74, 6) is 0. The van der Waals surface area contributed by atoms with Gasteiger partial charge in [-0.1, -0.05) is 18.2 Å². The average Bonchev–Trinajstić information content (AvgIpc) is 2.74. The standard InChI is InChI=1S/C15H19NS2/c1-10-6-4-5-7-13(10)18-15(12(3)16)14-9-8-11(2)17-14/h4-9,12,15H,16H2,1-3H3. The molecule has 0 saturated heterocycles. The first-order chi connectivity index (χ1) is 8.58. The maximum atomic E-state index is 6.16. The van der Waals surface area contributed by atoms with Gasteiger partial charge in [-0.3, -0.25) is 0 Å². The molecule has 0 fully saturated rings. The Balaban J connectivity index is 2.25. The number of benzene rings is 1. The number of hydrogen-bond acceptors (Lipinski definition) is 3. The van der Waals surface area contributed by atoms with Crippen LogP contribution in [0.25, 0.3) is 0 Å². The van der Waals surface area contributed by atoms with Crippen LogP contribution in [0.4, 0.5) is 0 Å². The third kappa shape index (κ3) is 3.16. The van der Waals surface area contributed by atoms with Gasteiger partial charge in [0.25, 0.3) is 0 Å². The average molecular weight is 277 g/mol. The van der Waals surface area contributed by atoms with Crippen molar-refractivity contribution in [3.63, 3.8) is 0 Å². The lowest BCUT2D eigenvalue weighted by molar-refractivity contribution is 0.730. The number of nitrogens with two attached hydrogens (primary N) is 1. The van der Waals surface area contributed by atoms with Crippen LogP contribution in [0.5, 0.6) is 0 Å². The Hall–Kier alpha value is -0.770. The number of thiophene rings is 1. The third-order valence-corrected chi connectivity index (χ3v) is 5.75. The first-order valence-corrected chi connectivity index (χ1v) is 7.81. The summed E-state index contributed by atoms with van der Waals surface area (Å²) in [6.45, 7) is 6.39. The molecule has 0 aliphatic rings. The molecule has 0 aliphatic carbocycles. The van der Waals surface area contributed by atoms with Crippen molar-refractivity contribution < 1.29 is 0 Å². The van der Waals surface area contributed by atoms with Gasteiger partial charge in [-0.05, 0) is 44.5 Å².